The van der Waals surface area contributed by atoms with Crippen LogP contribution in [-0.2, 0) is 10.2 Å². The number of nitrogens with zero attached hydrogens (tertiary/aromatic N) is 3. The van der Waals surface area contributed by atoms with E-state index in [1.165, 1.54) is 23.3 Å². The van der Waals surface area contributed by atoms with Crippen LogP contribution in [0.15, 0.2) is 47.5 Å². The van der Waals surface area contributed by atoms with Gasteiger partial charge < -0.3 is 25.0 Å². The second kappa shape index (κ2) is 9.77. The van der Waals surface area contributed by atoms with Crippen LogP contribution in [0.25, 0.3) is 0 Å². The largest absolute Gasteiger partial charge is 0.496 e. The van der Waals surface area contributed by atoms with Crippen LogP contribution in [0.5, 0.6) is 5.75 Å². The van der Waals surface area contributed by atoms with Crippen molar-refractivity contribution < 1.29 is 13.9 Å². The van der Waals surface area contributed by atoms with Crippen LogP contribution < -0.4 is 15.4 Å². The smallest absolute Gasteiger partial charge is 0.191 e. The van der Waals surface area contributed by atoms with Crippen LogP contribution in [0.3, 0.4) is 0 Å². The second-order valence-corrected chi connectivity index (χ2v) is 8.72. The molecule has 32 heavy (non-hydrogen) atoms. The number of halogens is 1. The highest BCUT2D eigenvalue weighted by molar-refractivity contribution is 5.78. The van der Waals surface area contributed by atoms with Gasteiger partial charge in [-0.3, -0.25) is 4.99 Å². The van der Waals surface area contributed by atoms with E-state index in [4.69, 9.17) is 20.2 Å². The number of nitrogens with two attached hydrogens (primary N) is 1. The number of rotatable bonds is 5. The average Bonchev–Trinajstić information content (AvgIpc) is 2.84. The zero-order valence-electron chi connectivity index (χ0n) is 19.0. The van der Waals surface area contributed by atoms with Crippen molar-refractivity contribution in [2.75, 3.05) is 57.9 Å². The maximum Gasteiger partial charge on any atom is 0.191 e. The summed E-state index contributed by atoms with van der Waals surface area (Å²) in [6, 6.07) is 13.0. The minimum atomic E-state index is -0.212. The summed E-state index contributed by atoms with van der Waals surface area (Å²) in [5, 5.41) is 0. The lowest BCUT2D eigenvalue weighted by molar-refractivity contribution is 0.0522. The number of methoxy groups -OCH3 is 1. The maximum atomic E-state index is 13.2. The third kappa shape index (κ3) is 4.83. The van der Waals surface area contributed by atoms with E-state index < -0.39 is 0 Å². The summed E-state index contributed by atoms with van der Waals surface area (Å²) in [6.07, 6.45) is 1.78. The van der Waals surface area contributed by atoms with Crippen molar-refractivity contribution in [2.24, 2.45) is 10.7 Å². The van der Waals surface area contributed by atoms with Crippen molar-refractivity contribution in [1.82, 2.24) is 4.90 Å². The summed E-state index contributed by atoms with van der Waals surface area (Å²) in [5.41, 5.74) is 9.75. The molecule has 0 aliphatic carbocycles. The minimum absolute atomic E-state index is 0.143. The van der Waals surface area contributed by atoms with Crippen LogP contribution in [0, 0.1) is 12.7 Å². The van der Waals surface area contributed by atoms with E-state index in [-0.39, 0.29) is 11.2 Å². The fraction of sp³-hybridized carbons (Fsp3) is 0.480. The average molecular weight is 441 g/mol. The molecule has 7 heteroatoms. The number of piperazine rings is 1. The third-order valence-corrected chi connectivity index (χ3v) is 6.72. The first-order chi connectivity index (χ1) is 15.5. The molecule has 2 heterocycles. The first-order valence-corrected chi connectivity index (χ1v) is 11.3. The highest BCUT2D eigenvalue weighted by atomic mass is 19.1. The minimum Gasteiger partial charge on any atom is -0.496 e. The summed E-state index contributed by atoms with van der Waals surface area (Å²) >= 11 is 0. The molecule has 0 saturated carbocycles. The molecule has 2 aromatic rings. The molecule has 0 spiro atoms. The van der Waals surface area contributed by atoms with E-state index in [2.05, 4.69) is 28.9 Å². The number of anilines is 1. The first kappa shape index (κ1) is 22.4. The Morgan fingerprint density at radius 2 is 1.78 bits per heavy atom. The van der Waals surface area contributed by atoms with Gasteiger partial charge in [0, 0.05) is 56.1 Å². The molecule has 2 aliphatic heterocycles. The van der Waals surface area contributed by atoms with Gasteiger partial charge in [0.1, 0.15) is 11.6 Å². The highest BCUT2D eigenvalue weighted by Crippen LogP contribution is 2.40. The fourth-order valence-corrected chi connectivity index (χ4v) is 4.69. The van der Waals surface area contributed by atoms with Crippen molar-refractivity contribution in [2.45, 2.75) is 25.2 Å². The van der Waals surface area contributed by atoms with Crippen LogP contribution in [-0.4, -0.2) is 63.9 Å². The molecule has 0 amide bonds. The molecule has 0 atom stereocenters. The van der Waals surface area contributed by atoms with Crippen molar-refractivity contribution >= 4 is 11.6 Å². The molecule has 0 radical (unpaired) electrons. The monoisotopic (exact) mass is 440 g/mol. The molecule has 0 unspecified atom stereocenters. The lowest BCUT2D eigenvalue weighted by Crippen LogP contribution is -2.51. The Morgan fingerprint density at radius 1 is 1.09 bits per heavy atom. The standard InChI is InChI=1S/C25H33FN4O2/c1-19-3-8-23(31-2)22(17-19)25(9-15-32-16-10-25)18-28-24(27)30-13-11-29(12-14-30)21-6-4-20(26)5-7-21/h3-8,17H,9-16,18H2,1-2H3,(H2,27,28). The van der Waals surface area contributed by atoms with Gasteiger partial charge in [0.2, 0.25) is 0 Å². The molecule has 0 bridgehead atoms. The van der Waals surface area contributed by atoms with E-state index in [1.54, 1.807) is 7.11 Å². The molecule has 172 valence electrons. The number of benzene rings is 2. The van der Waals surface area contributed by atoms with Crippen molar-refractivity contribution in [3.05, 3.63) is 59.4 Å². The molecular weight excluding hydrogens is 407 g/mol. The number of hydrogen-bond donors (Lipinski definition) is 1. The summed E-state index contributed by atoms with van der Waals surface area (Å²) in [4.78, 5) is 9.27. The van der Waals surface area contributed by atoms with E-state index >= 15 is 0 Å². The van der Waals surface area contributed by atoms with Gasteiger partial charge in [-0.05, 0) is 50.1 Å². The quantitative estimate of drug-likeness (QED) is 0.571. The molecule has 2 aliphatic rings. The number of guanidine groups is 1. The Bertz CT molecular complexity index is 933. The van der Waals surface area contributed by atoms with Crippen LogP contribution in [0.4, 0.5) is 10.1 Å². The number of hydrogen-bond acceptors (Lipinski definition) is 4. The summed E-state index contributed by atoms with van der Waals surface area (Å²) in [7, 11) is 1.72. The summed E-state index contributed by atoms with van der Waals surface area (Å²) < 4.78 is 24.6. The van der Waals surface area contributed by atoms with Crippen molar-refractivity contribution in [1.29, 1.82) is 0 Å². The Morgan fingerprint density at radius 3 is 2.44 bits per heavy atom. The van der Waals surface area contributed by atoms with Gasteiger partial charge in [0.05, 0.1) is 13.7 Å². The molecule has 6 nitrogen and oxygen atoms in total. The van der Waals surface area contributed by atoms with E-state index in [9.17, 15) is 4.39 Å². The zero-order chi connectivity index (χ0) is 22.6. The second-order valence-electron chi connectivity index (χ2n) is 8.72. The van der Waals surface area contributed by atoms with Gasteiger partial charge in [-0.2, -0.15) is 0 Å². The maximum absolute atomic E-state index is 13.2. The summed E-state index contributed by atoms with van der Waals surface area (Å²) in [5.74, 6) is 1.27. The lowest BCUT2D eigenvalue weighted by Gasteiger charge is -2.39. The molecule has 4 rings (SSSR count). The van der Waals surface area contributed by atoms with Gasteiger partial charge in [-0.15, -0.1) is 0 Å². The lowest BCUT2D eigenvalue weighted by atomic mass is 9.73. The molecule has 2 N–H and O–H groups in total. The molecule has 2 saturated heterocycles. The van der Waals surface area contributed by atoms with E-state index in [0.717, 1.165) is 50.5 Å². The first-order valence-electron chi connectivity index (χ1n) is 11.3. The van der Waals surface area contributed by atoms with Gasteiger partial charge in [0.15, 0.2) is 5.96 Å². The predicted molar refractivity (Wildman–Crippen MR) is 126 cm³/mol. The Balaban J connectivity index is 1.46. The number of ether oxygens (including phenoxy) is 2. The zero-order valence-corrected chi connectivity index (χ0v) is 19.0. The fourth-order valence-electron chi connectivity index (χ4n) is 4.69. The number of aliphatic imine (C=N–C) groups is 1. The van der Waals surface area contributed by atoms with Crippen molar-refractivity contribution in [3.63, 3.8) is 0 Å². The van der Waals surface area contributed by atoms with E-state index in [0.29, 0.717) is 25.7 Å². The third-order valence-electron chi connectivity index (χ3n) is 6.72. The van der Waals surface area contributed by atoms with E-state index in [1.807, 2.05) is 18.2 Å². The predicted octanol–water partition coefficient (Wildman–Crippen LogP) is 3.33. The molecule has 2 aromatic carbocycles. The van der Waals surface area contributed by atoms with Gasteiger partial charge >= 0.3 is 0 Å². The van der Waals surface area contributed by atoms with Crippen LogP contribution in [0.2, 0.25) is 0 Å². The Labute approximate surface area is 189 Å². The van der Waals surface area contributed by atoms with Gasteiger partial charge in [-0.25, -0.2) is 4.39 Å². The molecule has 0 aromatic heterocycles. The van der Waals surface area contributed by atoms with Gasteiger partial charge in [0.25, 0.3) is 0 Å². The topological polar surface area (TPSA) is 63.3 Å². The van der Waals surface area contributed by atoms with Crippen molar-refractivity contribution in [3.8, 4) is 5.75 Å². The van der Waals surface area contributed by atoms with Gasteiger partial charge in [-0.1, -0.05) is 17.7 Å². The molecular formula is C25H33FN4O2. The Kier molecular flexibility index (Phi) is 6.84. The van der Waals surface area contributed by atoms with Crippen LogP contribution >= 0.6 is 0 Å². The van der Waals surface area contributed by atoms with Crippen LogP contribution in [0.1, 0.15) is 24.0 Å². The normalized spacial score (nSPS) is 19.2. The summed E-state index contributed by atoms with van der Waals surface area (Å²) in [6.45, 7) is 7.37. The molecule has 2 fully saturated rings. The highest BCUT2D eigenvalue weighted by Gasteiger charge is 2.37. The Hall–Kier alpha value is -2.80. The SMILES string of the molecule is COc1ccc(C)cc1C1(CN=C(N)N2CCN(c3ccc(F)cc3)CC2)CCOCC1. The number of aryl methyl sites for hydroxylation is 1.